The molecule has 0 spiro atoms. The van der Waals surface area contributed by atoms with E-state index >= 15 is 0 Å². The van der Waals surface area contributed by atoms with Gasteiger partial charge in [-0.25, -0.2) is 0 Å². The summed E-state index contributed by atoms with van der Waals surface area (Å²) in [5.41, 5.74) is 0. The van der Waals surface area contributed by atoms with E-state index in [4.69, 9.17) is 4.74 Å². The van der Waals surface area contributed by atoms with Crippen LogP contribution in [0.25, 0.3) is 0 Å². The van der Waals surface area contributed by atoms with E-state index in [1.54, 1.807) is 0 Å². The molecule has 0 aliphatic carbocycles. The number of amides is 1. The first-order chi connectivity index (χ1) is 35.5. The van der Waals surface area contributed by atoms with E-state index in [2.05, 4.69) is 43.5 Å². The molecule has 0 fully saturated rings. The van der Waals surface area contributed by atoms with Gasteiger partial charge in [0.25, 0.3) is 0 Å². The highest BCUT2D eigenvalue weighted by molar-refractivity contribution is 5.76. The van der Waals surface area contributed by atoms with Gasteiger partial charge in [0, 0.05) is 12.8 Å². The van der Waals surface area contributed by atoms with Gasteiger partial charge in [0.1, 0.15) is 0 Å². The van der Waals surface area contributed by atoms with Gasteiger partial charge < -0.3 is 20.3 Å². The van der Waals surface area contributed by atoms with Crippen LogP contribution in [0.3, 0.4) is 0 Å². The van der Waals surface area contributed by atoms with E-state index in [1.807, 2.05) is 0 Å². The molecule has 0 rings (SSSR count). The standard InChI is InChI=1S/C66H127NO5/c1-3-5-7-9-11-13-14-15-16-30-34-37-40-44-48-52-56-60-66(71)72-61-57-53-49-45-41-38-35-32-29-27-25-23-21-19-17-18-20-22-24-26-28-31-33-36-39-43-47-51-55-59-65(70)67-63(62-68)64(69)58-54-50-46-42-12-10-8-6-4-2/h17,19,23,25,63-64,68-69H,3-16,18,20-22,24,26-62H2,1-2H3,(H,67,70)/b19-17-,25-23-. The number of nitrogens with one attached hydrogen (secondary N) is 1. The Kier molecular flexibility index (Phi) is 60.5. The van der Waals surface area contributed by atoms with Crippen LogP contribution >= 0.6 is 0 Å². The highest BCUT2D eigenvalue weighted by Crippen LogP contribution is 2.18. The minimum absolute atomic E-state index is 0.0163. The Bertz CT molecular complexity index is 1120. The molecule has 0 aromatic carbocycles. The van der Waals surface area contributed by atoms with Crippen molar-refractivity contribution in [1.82, 2.24) is 5.32 Å². The Balaban J connectivity index is 3.36. The van der Waals surface area contributed by atoms with Crippen LogP contribution in [0.4, 0.5) is 0 Å². The lowest BCUT2D eigenvalue weighted by Crippen LogP contribution is -2.45. The lowest BCUT2D eigenvalue weighted by atomic mass is 10.0. The number of aliphatic hydroxyl groups excluding tert-OH is 2. The average Bonchev–Trinajstić information content (AvgIpc) is 3.38. The average molecular weight is 1010 g/mol. The van der Waals surface area contributed by atoms with Crippen molar-refractivity contribution in [3.63, 3.8) is 0 Å². The van der Waals surface area contributed by atoms with Gasteiger partial charge in [0.15, 0.2) is 0 Å². The molecule has 6 heteroatoms. The SMILES string of the molecule is CCCCCCCCCCCCCCCCCCCC(=O)OCCCCCCCCCCC/C=C\C/C=C\CCCCCCCCCCCCCCCC(=O)NC(CO)C(O)CCCCCCCCCCC. The predicted octanol–water partition coefficient (Wildman–Crippen LogP) is 20.6. The summed E-state index contributed by atoms with van der Waals surface area (Å²) in [6, 6.07) is -0.540. The van der Waals surface area contributed by atoms with E-state index in [-0.39, 0.29) is 18.5 Å². The van der Waals surface area contributed by atoms with Gasteiger partial charge in [0.2, 0.25) is 5.91 Å². The summed E-state index contributed by atoms with van der Waals surface area (Å²) in [7, 11) is 0. The van der Waals surface area contributed by atoms with Gasteiger partial charge in [0.05, 0.1) is 25.4 Å². The van der Waals surface area contributed by atoms with Gasteiger partial charge in [-0.2, -0.15) is 0 Å². The molecule has 0 bridgehead atoms. The molecule has 2 atom stereocenters. The fourth-order valence-electron chi connectivity index (χ4n) is 10.3. The van der Waals surface area contributed by atoms with Gasteiger partial charge in [-0.3, -0.25) is 9.59 Å². The number of carbonyl (C=O) groups excluding carboxylic acids is 2. The Morgan fingerprint density at radius 1 is 0.389 bits per heavy atom. The minimum Gasteiger partial charge on any atom is -0.466 e. The van der Waals surface area contributed by atoms with Crippen LogP contribution in [-0.2, 0) is 14.3 Å². The summed E-state index contributed by atoms with van der Waals surface area (Å²) >= 11 is 0. The van der Waals surface area contributed by atoms with Crippen molar-refractivity contribution in [2.45, 2.75) is 373 Å². The molecule has 0 aliphatic heterocycles. The zero-order valence-electron chi connectivity index (χ0n) is 48.7. The summed E-state index contributed by atoms with van der Waals surface area (Å²) in [5, 5.41) is 23.1. The van der Waals surface area contributed by atoms with E-state index in [1.165, 1.54) is 283 Å². The van der Waals surface area contributed by atoms with Crippen molar-refractivity contribution >= 4 is 11.9 Å². The molecule has 0 aliphatic rings. The third kappa shape index (κ3) is 57.6. The number of carbonyl (C=O) groups is 2. The molecule has 426 valence electrons. The molecule has 72 heavy (non-hydrogen) atoms. The topological polar surface area (TPSA) is 95.9 Å². The van der Waals surface area contributed by atoms with E-state index in [9.17, 15) is 19.8 Å². The molecular weight excluding hydrogens is 887 g/mol. The molecule has 0 saturated heterocycles. The van der Waals surface area contributed by atoms with Crippen molar-refractivity contribution in [2.75, 3.05) is 13.2 Å². The molecular formula is C66H127NO5. The number of ether oxygens (including phenoxy) is 1. The molecule has 0 aromatic heterocycles. The lowest BCUT2D eigenvalue weighted by Gasteiger charge is -2.22. The number of rotatable bonds is 61. The van der Waals surface area contributed by atoms with Crippen LogP contribution < -0.4 is 5.32 Å². The maximum atomic E-state index is 12.4. The van der Waals surface area contributed by atoms with Gasteiger partial charge in [-0.05, 0) is 57.8 Å². The monoisotopic (exact) mass is 1010 g/mol. The molecule has 0 saturated carbocycles. The number of hydrogen-bond donors (Lipinski definition) is 3. The second kappa shape index (κ2) is 61.9. The summed E-state index contributed by atoms with van der Waals surface area (Å²) in [6.45, 7) is 4.95. The smallest absolute Gasteiger partial charge is 0.305 e. The summed E-state index contributed by atoms with van der Waals surface area (Å²) in [6.07, 6.45) is 76.5. The molecule has 0 heterocycles. The van der Waals surface area contributed by atoms with Gasteiger partial charge >= 0.3 is 5.97 Å². The quantitative estimate of drug-likeness (QED) is 0.0320. The number of allylic oxidation sites excluding steroid dienone is 4. The molecule has 0 radical (unpaired) electrons. The van der Waals surface area contributed by atoms with Crippen molar-refractivity contribution in [3.05, 3.63) is 24.3 Å². The van der Waals surface area contributed by atoms with E-state index in [0.717, 1.165) is 44.9 Å². The molecule has 3 N–H and O–H groups in total. The van der Waals surface area contributed by atoms with Crippen molar-refractivity contribution in [3.8, 4) is 0 Å². The molecule has 2 unspecified atom stereocenters. The number of aliphatic hydroxyl groups is 2. The second-order valence-electron chi connectivity index (χ2n) is 22.5. The highest BCUT2D eigenvalue weighted by Gasteiger charge is 2.20. The zero-order chi connectivity index (χ0) is 52.2. The van der Waals surface area contributed by atoms with Crippen LogP contribution in [0, 0.1) is 0 Å². The van der Waals surface area contributed by atoms with Crippen molar-refractivity contribution in [1.29, 1.82) is 0 Å². The maximum Gasteiger partial charge on any atom is 0.305 e. The Labute approximate surface area is 450 Å². The Hall–Kier alpha value is -1.66. The first kappa shape index (κ1) is 70.3. The number of esters is 1. The predicted molar refractivity (Wildman–Crippen MR) is 315 cm³/mol. The van der Waals surface area contributed by atoms with Gasteiger partial charge in [-0.15, -0.1) is 0 Å². The Morgan fingerprint density at radius 3 is 1.06 bits per heavy atom. The van der Waals surface area contributed by atoms with Crippen LogP contribution in [0.5, 0.6) is 0 Å². The van der Waals surface area contributed by atoms with Crippen molar-refractivity contribution in [2.24, 2.45) is 0 Å². The summed E-state index contributed by atoms with van der Waals surface area (Å²) in [4.78, 5) is 24.5. The van der Waals surface area contributed by atoms with Gasteiger partial charge in [-0.1, -0.05) is 314 Å². The van der Waals surface area contributed by atoms with Crippen LogP contribution in [0.1, 0.15) is 361 Å². The fraction of sp³-hybridized carbons (Fsp3) is 0.909. The second-order valence-corrected chi connectivity index (χ2v) is 22.5. The molecule has 1 amide bonds. The van der Waals surface area contributed by atoms with E-state index in [0.29, 0.717) is 25.9 Å². The lowest BCUT2D eigenvalue weighted by molar-refractivity contribution is -0.143. The first-order valence-corrected chi connectivity index (χ1v) is 32.6. The maximum absolute atomic E-state index is 12.4. The number of unbranched alkanes of at least 4 members (excludes halogenated alkanes) is 46. The van der Waals surface area contributed by atoms with E-state index < -0.39 is 12.1 Å². The third-order valence-corrected chi connectivity index (χ3v) is 15.3. The fourth-order valence-corrected chi connectivity index (χ4v) is 10.3. The minimum atomic E-state index is -0.662. The third-order valence-electron chi connectivity index (χ3n) is 15.3. The number of hydrogen-bond acceptors (Lipinski definition) is 5. The summed E-state index contributed by atoms with van der Waals surface area (Å²) in [5.74, 6) is -0.0210. The van der Waals surface area contributed by atoms with Crippen LogP contribution in [-0.4, -0.2) is 47.4 Å². The molecule has 6 nitrogen and oxygen atoms in total. The normalized spacial score (nSPS) is 12.7. The highest BCUT2D eigenvalue weighted by atomic mass is 16.5. The first-order valence-electron chi connectivity index (χ1n) is 32.6. The van der Waals surface area contributed by atoms with Crippen molar-refractivity contribution < 1.29 is 24.5 Å². The largest absolute Gasteiger partial charge is 0.466 e. The molecule has 0 aromatic rings. The van der Waals surface area contributed by atoms with Crippen LogP contribution in [0.2, 0.25) is 0 Å². The Morgan fingerprint density at radius 2 is 0.694 bits per heavy atom. The summed E-state index contributed by atoms with van der Waals surface area (Å²) < 4.78 is 5.50. The zero-order valence-corrected chi connectivity index (χ0v) is 48.7. The van der Waals surface area contributed by atoms with Crippen LogP contribution in [0.15, 0.2) is 24.3 Å².